The summed E-state index contributed by atoms with van der Waals surface area (Å²) in [6, 6.07) is 22.1. The van der Waals surface area contributed by atoms with Gasteiger partial charge in [0, 0.05) is 0 Å². The smallest absolute Gasteiger partial charge is 0.343 e. The van der Waals surface area contributed by atoms with Crippen LogP contribution in [0.5, 0.6) is 11.5 Å². The van der Waals surface area contributed by atoms with Crippen LogP contribution in [-0.2, 0) is 4.74 Å². The zero-order valence-electron chi connectivity index (χ0n) is 27.0. The molecule has 3 aromatic rings. The number of esters is 2. The number of hydrogen-bond acceptors (Lipinski definition) is 5. The Kier molecular flexibility index (Phi) is 16.8. The van der Waals surface area contributed by atoms with Gasteiger partial charge in [0.05, 0.1) is 18.8 Å². The SMILES string of the molecule is CCCCCCCCCCOc1ccc(-c2ccc(C(=O)Oc3ccccc3C(=O)OCCCCCCCCC)cc2)cc1. The van der Waals surface area contributed by atoms with Crippen molar-refractivity contribution in [2.24, 2.45) is 0 Å². The van der Waals surface area contributed by atoms with Crippen LogP contribution in [0.4, 0.5) is 0 Å². The summed E-state index contributed by atoms with van der Waals surface area (Å²) in [4.78, 5) is 25.6. The summed E-state index contributed by atoms with van der Waals surface area (Å²) in [7, 11) is 0. The number of carbonyl (C=O) groups is 2. The molecule has 0 unspecified atom stereocenters. The first-order chi connectivity index (χ1) is 21.6. The largest absolute Gasteiger partial charge is 0.494 e. The van der Waals surface area contributed by atoms with Crippen LogP contribution in [-0.4, -0.2) is 25.2 Å². The van der Waals surface area contributed by atoms with Crippen LogP contribution in [0.2, 0.25) is 0 Å². The molecule has 0 heterocycles. The van der Waals surface area contributed by atoms with E-state index in [4.69, 9.17) is 14.2 Å². The van der Waals surface area contributed by atoms with E-state index in [2.05, 4.69) is 13.8 Å². The molecule has 238 valence electrons. The summed E-state index contributed by atoms with van der Waals surface area (Å²) in [6.07, 6.45) is 18.3. The molecule has 3 aromatic carbocycles. The zero-order chi connectivity index (χ0) is 31.2. The monoisotopic (exact) mass is 600 g/mol. The highest BCUT2D eigenvalue weighted by molar-refractivity contribution is 5.96. The molecule has 0 aliphatic heterocycles. The Morgan fingerprint density at radius 3 is 1.61 bits per heavy atom. The molecule has 0 aromatic heterocycles. The highest BCUT2D eigenvalue weighted by Crippen LogP contribution is 2.25. The summed E-state index contributed by atoms with van der Waals surface area (Å²) in [5.74, 6) is 0.0822. The second-order valence-corrected chi connectivity index (χ2v) is 11.6. The maximum atomic E-state index is 12.9. The quantitative estimate of drug-likeness (QED) is 0.0652. The van der Waals surface area contributed by atoms with Gasteiger partial charge in [-0.1, -0.05) is 134 Å². The van der Waals surface area contributed by atoms with Crippen LogP contribution in [0.25, 0.3) is 11.1 Å². The average Bonchev–Trinajstić information content (AvgIpc) is 3.05. The third-order valence-electron chi connectivity index (χ3n) is 7.87. The van der Waals surface area contributed by atoms with Crippen molar-refractivity contribution < 1.29 is 23.8 Å². The number of benzene rings is 3. The molecule has 5 nitrogen and oxygen atoms in total. The van der Waals surface area contributed by atoms with Gasteiger partial charge in [-0.15, -0.1) is 0 Å². The maximum absolute atomic E-state index is 12.9. The number of rotatable bonds is 22. The Balaban J connectivity index is 1.42. The molecule has 0 atom stereocenters. The molecule has 0 saturated carbocycles. The van der Waals surface area contributed by atoms with Crippen LogP contribution in [0.3, 0.4) is 0 Å². The van der Waals surface area contributed by atoms with E-state index >= 15 is 0 Å². The highest BCUT2D eigenvalue weighted by Gasteiger charge is 2.17. The minimum absolute atomic E-state index is 0.203. The molecule has 0 N–H and O–H groups in total. The van der Waals surface area contributed by atoms with Gasteiger partial charge in [0.25, 0.3) is 0 Å². The van der Waals surface area contributed by atoms with E-state index in [9.17, 15) is 9.59 Å². The lowest BCUT2D eigenvalue weighted by Crippen LogP contribution is -2.13. The molecular weight excluding hydrogens is 548 g/mol. The maximum Gasteiger partial charge on any atom is 0.343 e. The molecule has 44 heavy (non-hydrogen) atoms. The molecule has 0 saturated heterocycles. The lowest BCUT2D eigenvalue weighted by atomic mass is 10.0. The summed E-state index contributed by atoms with van der Waals surface area (Å²) < 4.78 is 17.0. The number of carbonyl (C=O) groups excluding carboxylic acids is 2. The van der Waals surface area contributed by atoms with Crippen molar-refractivity contribution in [1.82, 2.24) is 0 Å². The first kappa shape index (κ1) is 34.9. The van der Waals surface area contributed by atoms with Gasteiger partial charge in [-0.05, 0) is 60.4 Å². The average molecular weight is 601 g/mol. The van der Waals surface area contributed by atoms with E-state index in [0.717, 1.165) is 49.2 Å². The van der Waals surface area contributed by atoms with Gasteiger partial charge in [0.1, 0.15) is 17.1 Å². The van der Waals surface area contributed by atoms with Gasteiger partial charge in [-0.3, -0.25) is 0 Å². The van der Waals surface area contributed by atoms with E-state index < -0.39 is 11.9 Å². The first-order valence-corrected chi connectivity index (χ1v) is 16.9. The molecule has 3 rings (SSSR count). The molecule has 0 aliphatic carbocycles. The second-order valence-electron chi connectivity index (χ2n) is 11.6. The van der Waals surface area contributed by atoms with E-state index in [0.29, 0.717) is 12.2 Å². The zero-order valence-corrected chi connectivity index (χ0v) is 27.0. The van der Waals surface area contributed by atoms with E-state index in [1.54, 1.807) is 36.4 Å². The predicted octanol–water partition coefficient (Wildman–Crippen LogP) is 11.0. The Morgan fingerprint density at radius 2 is 1.02 bits per heavy atom. The minimum Gasteiger partial charge on any atom is -0.494 e. The van der Waals surface area contributed by atoms with Gasteiger partial charge in [-0.25, -0.2) is 9.59 Å². The molecule has 0 amide bonds. The lowest BCUT2D eigenvalue weighted by molar-refractivity contribution is 0.0492. The fourth-order valence-electron chi connectivity index (χ4n) is 5.15. The van der Waals surface area contributed by atoms with E-state index in [-0.39, 0.29) is 11.3 Å². The third kappa shape index (κ3) is 13.0. The van der Waals surface area contributed by atoms with Crippen molar-refractivity contribution in [3.05, 3.63) is 83.9 Å². The van der Waals surface area contributed by atoms with Gasteiger partial charge in [-0.2, -0.15) is 0 Å². The molecule has 0 bridgehead atoms. The molecule has 0 fully saturated rings. The summed E-state index contributed by atoms with van der Waals surface area (Å²) in [6.45, 7) is 5.56. The van der Waals surface area contributed by atoms with Gasteiger partial charge >= 0.3 is 11.9 Å². The van der Waals surface area contributed by atoms with Crippen LogP contribution in [0, 0.1) is 0 Å². The molecule has 0 radical (unpaired) electrons. The fraction of sp³-hybridized carbons (Fsp3) is 0.487. The Labute approximate surface area is 265 Å². The minimum atomic E-state index is -0.520. The number of para-hydroxylation sites is 1. The Morgan fingerprint density at radius 1 is 0.523 bits per heavy atom. The third-order valence-corrected chi connectivity index (χ3v) is 7.87. The summed E-state index contributed by atoms with van der Waals surface area (Å²) in [5.41, 5.74) is 2.69. The Bertz CT molecular complexity index is 1220. The van der Waals surface area contributed by atoms with Crippen LogP contribution in [0.15, 0.2) is 72.8 Å². The van der Waals surface area contributed by atoms with Crippen molar-refractivity contribution >= 4 is 11.9 Å². The lowest BCUT2D eigenvalue weighted by Gasteiger charge is -2.11. The van der Waals surface area contributed by atoms with Crippen molar-refractivity contribution in [3.63, 3.8) is 0 Å². The van der Waals surface area contributed by atoms with Gasteiger partial charge < -0.3 is 14.2 Å². The number of ether oxygens (including phenoxy) is 3. The van der Waals surface area contributed by atoms with Crippen LogP contribution in [0.1, 0.15) is 131 Å². The van der Waals surface area contributed by atoms with Gasteiger partial charge in [0.15, 0.2) is 0 Å². The molecule has 0 aliphatic rings. The van der Waals surface area contributed by atoms with E-state index in [1.165, 1.54) is 70.6 Å². The van der Waals surface area contributed by atoms with E-state index in [1.807, 2.05) is 36.4 Å². The standard InChI is InChI=1S/C39H52O5/c1-3-5-7-9-11-13-14-18-30-42-35-28-26-33(27-29-35)32-22-24-34(25-23-32)38(40)44-37-21-17-16-20-36(37)39(41)43-31-19-15-12-10-8-6-4-2/h16-17,20-29H,3-15,18-19,30-31H2,1-2H3. The first-order valence-electron chi connectivity index (χ1n) is 16.9. The van der Waals surface area contributed by atoms with Crippen molar-refractivity contribution in [2.45, 2.75) is 110 Å². The van der Waals surface area contributed by atoms with Crippen molar-refractivity contribution in [1.29, 1.82) is 0 Å². The molecule has 0 spiro atoms. The molecular formula is C39H52O5. The van der Waals surface area contributed by atoms with Crippen LogP contribution < -0.4 is 9.47 Å². The molecule has 5 heteroatoms. The van der Waals surface area contributed by atoms with Crippen molar-refractivity contribution in [2.75, 3.05) is 13.2 Å². The topological polar surface area (TPSA) is 61.8 Å². The van der Waals surface area contributed by atoms with Gasteiger partial charge in [0.2, 0.25) is 0 Å². The Hall–Kier alpha value is -3.60. The summed E-state index contributed by atoms with van der Waals surface area (Å²) >= 11 is 0. The second kappa shape index (κ2) is 21.2. The summed E-state index contributed by atoms with van der Waals surface area (Å²) in [5, 5.41) is 0. The number of hydrogen-bond donors (Lipinski definition) is 0. The highest BCUT2D eigenvalue weighted by atomic mass is 16.5. The number of unbranched alkanes of at least 4 members (excludes halogenated alkanes) is 13. The fourth-order valence-corrected chi connectivity index (χ4v) is 5.15. The predicted molar refractivity (Wildman–Crippen MR) is 180 cm³/mol. The van der Waals surface area contributed by atoms with Crippen LogP contribution >= 0.6 is 0 Å². The van der Waals surface area contributed by atoms with Crippen molar-refractivity contribution in [3.8, 4) is 22.6 Å². The normalized spacial score (nSPS) is 10.9.